The number of aromatic nitrogens is 3. The third-order valence-electron chi connectivity index (χ3n) is 4.08. The van der Waals surface area contributed by atoms with Crippen molar-refractivity contribution < 1.29 is 4.79 Å². The first-order valence-corrected chi connectivity index (χ1v) is 9.60. The van der Waals surface area contributed by atoms with Gasteiger partial charge >= 0.3 is 0 Å². The van der Waals surface area contributed by atoms with Crippen molar-refractivity contribution >= 4 is 17.7 Å². The molecule has 0 atom stereocenters. The van der Waals surface area contributed by atoms with Crippen molar-refractivity contribution in [2.45, 2.75) is 32.1 Å². The van der Waals surface area contributed by atoms with Gasteiger partial charge in [-0.2, -0.15) is 0 Å². The van der Waals surface area contributed by atoms with Crippen LogP contribution in [0.2, 0.25) is 0 Å². The van der Waals surface area contributed by atoms with E-state index in [0.29, 0.717) is 12.3 Å². The Bertz CT molecular complexity index is 877. The molecule has 0 saturated heterocycles. The summed E-state index contributed by atoms with van der Waals surface area (Å²) in [7, 11) is 0. The maximum absolute atomic E-state index is 12.1. The molecule has 6 heteroatoms. The van der Waals surface area contributed by atoms with E-state index < -0.39 is 0 Å². The molecule has 0 unspecified atom stereocenters. The Kier molecular flexibility index (Phi) is 6.07. The molecule has 0 radical (unpaired) electrons. The van der Waals surface area contributed by atoms with Crippen molar-refractivity contribution in [1.29, 1.82) is 0 Å². The number of carbonyl (C=O) groups excluding carboxylic acids is 1. The SMILES string of the molecule is CCn1c(SCC(=O)NCc2ccccc2)nnc1-c1ccccc1C. The van der Waals surface area contributed by atoms with E-state index in [2.05, 4.69) is 40.0 Å². The molecule has 5 nitrogen and oxygen atoms in total. The third kappa shape index (κ3) is 4.32. The van der Waals surface area contributed by atoms with Gasteiger partial charge in [-0.05, 0) is 25.0 Å². The van der Waals surface area contributed by atoms with Gasteiger partial charge in [0.2, 0.25) is 5.91 Å². The number of nitrogens with one attached hydrogen (secondary N) is 1. The average Bonchev–Trinajstić information content (AvgIpc) is 3.08. The van der Waals surface area contributed by atoms with Crippen molar-refractivity contribution in [1.82, 2.24) is 20.1 Å². The van der Waals surface area contributed by atoms with Crippen LogP contribution in [0.25, 0.3) is 11.4 Å². The van der Waals surface area contributed by atoms with Crippen molar-refractivity contribution in [3.8, 4) is 11.4 Å². The fourth-order valence-corrected chi connectivity index (χ4v) is 3.51. The Balaban J connectivity index is 1.63. The highest BCUT2D eigenvalue weighted by molar-refractivity contribution is 7.99. The molecule has 1 N–H and O–H groups in total. The van der Waals surface area contributed by atoms with Gasteiger partial charge in [-0.25, -0.2) is 0 Å². The van der Waals surface area contributed by atoms with Gasteiger partial charge in [0, 0.05) is 18.7 Å². The molecule has 3 aromatic rings. The largest absolute Gasteiger partial charge is 0.351 e. The number of benzene rings is 2. The lowest BCUT2D eigenvalue weighted by molar-refractivity contribution is -0.118. The number of hydrogen-bond acceptors (Lipinski definition) is 4. The van der Waals surface area contributed by atoms with Crippen LogP contribution >= 0.6 is 11.8 Å². The summed E-state index contributed by atoms with van der Waals surface area (Å²) < 4.78 is 2.05. The fourth-order valence-electron chi connectivity index (χ4n) is 2.68. The summed E-state index contributed by atoms with van der Waals surface area (Å²) in [6, 6.07) is 18.0. The van der Waals surface area contributed by atoms with Crippen molar-refractivity contribution in [2.24, 2.45) is 0 Å². The first-order chi connectivity index (χ1) is 12.7. The van der Waals surface area contributed by atoms with Crippen LogP contribution in [0.15, 0.2) is 59.8 Å². The molecule has 0 fully saturated rings. The van der Waals surface area contributed by atoms with Crippen LogP contribution < -0.4 is 5.32 Å². The van der Waals surface area contributed by atoms with Gasteiger partial charge in [-0.1, -0.05) is 66.4 Å². The van der Waals surface area contributed by atoms with Gasteiger partial charge < -0.3 is 9.88 Å². The van der Waals surface area contributed by atoms with Gasteiger partial charge in [0.05, 0.1) is 5.75 Å². The molecular weight excluding hydrogens is 344 g/mol. The minimum atomic E-state index is -0.0121. The quantitative estimate of drug-likeness (QED) is 0.648. The molecule has 1 amide bonds. The lowest BCUT2D eigenvalue weighted by Crippen LogP contribution is -2.24. The monoisotopic (exact) mass is 366 g/mol. The molecule has 0 bridgehead atoms. The predicted octanol–water partition coefficient (Wildman–Crippen LogP) is 3.68. The topological polar surface area (TPSA) is 59.8 Å². The second kappa shape index (κ2) is 8.67. The first-order valence-electron chi connectivity index (χ1n) is 8.61. The van der Waals surface area contributed by atoms with E-state index in [1.54, 1.807) is 0 Å². The van der Waals surface area contributed by atoms with E-state index in [1.807, 2.05) is 48.5 Å². The van der Waals surface area contributed by atoms with Gasteiger partial charge in [0.1, 0.15) is 0 Å². The molecule has 0 spiro atoms. The second-order valence-electron chi connectivity index (χ2n) is 5.92. The number of amides is 1. The maximum Gasteiger partial charge on any atom is 0.230 e. The summed E-state index contributed by atoms with van der Waals surface area (Å²) in [6.07, 6.45) is 0. The van der Waals surface area contributed by atoms with E-state index in [9.17, 15) is 4.79 Å². The smallest absolute Gasteiger partial charge is 0.230 e. The molecule has 0 aliphatic heterocycles. The van der Waals surface area contributed by atoms with Gasteiger partial charge in [-0.15, -0.1) is 10.2 Å². The highest BCUT2D eigenvalue weighted by atomic mass is 32.2. The number of carbonyl (C=O) groups is 1. The maximum atomic E-state index is 12.1. The van der Waals surface area contributed by atoms with Crippen LogP contribution in [0.1, 0.15) is 18.1 Å². The predicted molar refractivity (Wildman–Crippen MR) is 105 cm³/mol. The minimum Gasteiger partial charge on any atom is -0.351 e. The zero-order valence-electron chi connectivity index (χ0n) is 15.0. The summed E-state index contributed by atoms with van der Waals surface area (Å²) >= 11 is 1.41. The van der Waals surface area contributed by atoms with Crippen LogP contribution in [-0.4, -0.2) is 26.4 Å². The van der Waals surface area contributed by atoms with Crippen molar-refractivity contribution in [3.63, 3.8) is 0 Å². The van der Waals surface area contributed by atoms with Crippen LogP contribution in [0.5, 0.6) is 0 Å². The molecule has 1 aromatic heterocycles. The summed E-state index contributed by atoms with van der Waals surface area (Å²) in [6.45, 7) is 5.42. The van der Waals surface area contributed by atoms with Crippen LogP contribution in [-0.2, 0) is 17.9 Å². The fraction of sp³-hybridized carbons (Fsp3) is 0.250. The average molecular weight is 366 g/mol. The number of aryl methyl sites for hydroxylation is 1. The van der Waals surface area contributed by atoms with Gasteiger partial charge in [0.25, 0.3) is 0 Å². The van der Waals surface area contributed by atoms with Crippen LogP contribution in [0, 0.1) is 6.92 Å². The Hall–Kier alpha value is -2.60. The molecule has 2 aromatic carbocycles. The van der Waals surface area contributed by atoms with Crippen LogP contribution in [0.4, 0.5) is 0 Å². The Morgan fingerprint density at radius 2 is 1.81 bits per heavy atom. The molecule has 1 heterocycles. The normalized spacial score (nSPS) is 10.7. The van der Waals surface area contributed by atoms with E-state index >= 15 is 0 Å². The molecule has 0 saturated carbocycles. The molecule has 0 aliphatic rings. The minimum absolute atomic E-state index is 0.0121. The summed E-state index contributed by atoms with van der Waals surface area (Å²) in [4.78, 5) is 12.1. The Morgan fingerprint density at radius 3 is 2.54 bits per heavy atom. The zero-order chi connectivity index (χ0) is 18.4. The molecular formula is C20H22N4OS. The first kappa shape index (κ1) is 18.2. The molecule has 26 heavy (non-hydrogen) atoms. The molecule has 134 valence electrons. The number of thioether (sulfide) groups is 1. The van der Waals surface area contributed by atoms with Crippen molar-refractivity contribution in [3.05, 3.63) is 65.7 Å². The third-order valence-corrected chi connectivity index (χ3v) is 5.05. The standard InChI is InChI=1S/C20H22N4OS/c1-3-24-19(17-12-8-7-9-15(17)2)22-23-20(24)26-14-18(25)21-13-16-10-5-4-6-11-16/h4-12H,3,13-14H2,1-2H3,(H,21,25). The zero-order valence-corrected chi connectivity index (χ0v) is 15.8. The number of rotatable bonds is 7. The lowest BCUT2D eigenvalue weighted by Gasteiger charge is -2.09. The lowest BCUT2D eigenvalue weighted by atomic mass is 10.1. The van der Waals surface area contributed by atoms with E-state index in [0.717, 1.165) is 34.2 Å². The molecule has 3 rings (SSSR count). The van der Waals surface area contributed by atoms with E-state index in [-0.39, 0.29) is 5.91 Å². The van der Waals surface area contributed by atoms with Crippen LogP contribution in [0.3, 0.4) is 0 Å². The number of hydrogen-bond donors (Lipinski definition) is 1. The van der Waals surface area contributed by atoms with Gasteiger partial charge in [-0.3, -0.25) is 4.79 Å². The highest BCUT2D eigenvalue weighted by Crippen LogP contribution is 2.26. The Labute approximate surface area is 157 Å². The Morgan fingerprint density at radius 1 is 1.08 bits per heavy atom. The van der Waals surface area contributed by atoms with Crippen molar-refractivity contribution in [2.75, 3.05) is 5.75 Å². The second-order valence-corrected chi connectivity index (χ2v) is 6.86. The summed E-state index contributed by atoms with van der Waals surface area (Å²) in [5.74, 6) is 1.15. The number of nitrogens with zero attached hydrogens (tertiary/aromatic N) is 3. The van der Waals surface area contributed by atoms with E-state index in [1.165, 1.54) is 11.8 Å². The highest BCUT2D eigenvalue weighted by Gasteiger charge is 2.15. The summed E-state index contributed by atoms with van der Waals surface area (Å²) in [5.41, 5.74) is 3.32. The summed E-state index contributed by atoms with van der Waals surface area (Å²) in [5, 5.41) is 12.3. The molecule has 0 aliphatic carbocycles. The van der Waals surface area contributed by atoms with Gasteiger partial charge in [0.15, 0.2) is 11.0 Å². The van der Waals surface area contributed by atoms with E-state index in [4.69, 9.17) is 0 Å².